The van der Waals surface area contributed by atoms with E-state index in [-0.39, 0.29) is 0 Å². The van der Waals surface area contributed by atoms with Gasteiger partial charge in [-0.25, -0.2) is 0 Å². The average Bonchev–Trinajstić information content (AvgIpc) is 3.11. The molecule has 0 saturated heterocycles. The van der Waals surface area contributed by atoms with Crippen molar-refractivity contribution in [1.82, 2.24) is 10.6 Å². The van der Waals surface area contributed by atoms with Crippen LogP contribution >= 0.6 is 0 Å². The first-order valence-corrected chi connectivity index (χ1v) is 7.92. The lowest BCUT2D eigenvalue weighted by Crippen LogP contribution is -2.45. The van der Waals surface area contributed by atoms with E-state index in [0.717, 1.165) is 25.3 Å². The van der Waals surface area contributed by atoms with Crippen molar-refractivity contribution in [2.75, 3.05) is 13.6 Å². The summed E-state index contributed by atoms with van der Waals surface area (Å²) < 4.78 is 0. The Morgan fingerprint density at radius 3 is 2.57 bits per heavy atom. The minimum Gasteiger partial charge on any atom is -0.356 e. The highest BCUT2D eigenvalue weighted by atomic mass is 15.2. The zero-order valence-corrected chi connectivity index (χ0v) is 13.0. The van der Waals surface area contributed by atoms with Crippen LogP contribution in [0.3, 0.4) is 0 Å². The van der Waals surface area contributed by atoms with E-state index in [9.17, 15) is 0 Å². The molecule has 0 unspecified atom stereocenters. The van der Waals surface area contributed by atoms with E-state index in [1.54, 1.807) is 0 Å². The third-order valence-electron chi connectivity index (χ3n) is 4.74. The predicted octanol–water partition coefficient (Wildman–Crippen LogP) is 2.91. The van der Waals surface area contributed by atoms with Crippen LogP contribution in [0, 0.1) is 6.92 Å². The molecule has 1 aromatic carbocycles. The molecule has 3 heteroatoms. The first-order valence-electron chi connectivity index (χ1n) is 7.92. The fraction of sp³-hybridized carbons (Fsp3) is 0.500. The third-order valence-corrected chi connectivity index (χ3v) is 4.74. The Balaban J connectivity index is 1.60. The van der Waals surface area contributed by atoms with Crippen LogP contribution in [0.1, 0.15) is 36.8 Å². The summed E-state index contributed by atoms with van der Waals surface area (Å²) in [5.74, 6) is 0.934. The quantitative estimate of drug-likeness (QED) is 0.506. The van der Waals surface area contributed by atoms with Gasteiger partial charge >= 0.3 is 0 Å². The second kappa shape index (κ2) is 5.92. The fourth-order valence-corrected chi connectivity index (χ4v) is 3.24. The maximum atomic E-state index is 4.37. The van der Waals surface area contributed by atoms with Crippen molar-refractivity contribution in [2.24, 2.45) is 4.99 Å². The first kappa shape index (κ1) is 14.2. The van der Waals surface area contributed by atoms with E-state index in [0.29, 0.717) is 11.5 Å². The summed E-state index contributed by atoms with van der Waals surface area (Å²) >= 11 is 0. The van der Waals surface area contributed by atoms with Crippen molar-refractivity contribution < 1.29 is 0 Å². The molecule has 1 fully saturated rings. The molecule has 112 valence electrons. The highest BCUT2D eigenvalue weighted by Gasteiger charge is 2.44. The highest BCUT2D eigenvalue weighted by molar-refractivity contribution is 5.80. The van der Waals surface area contributed by atoms with Gasteiger partial charge in [0.1, 0.15) is 0 Å². The minimum atomic E-state index is 0.316. The molecule has 2 aliphatic carbocycles. The van der Waals surface area contributed by atoms with Crippen molar-refractivity contribution in [2.45, 2.75) is 44.1 Å². The lowest BCUT2D eigenvalue weighted by molar-refractivity contribution is 0.604. The molecule has 0 heterocycles. The molecule has 2 aliphatic rings. The van der Waals surface area contributed by atoms with Crippen molar-refractivity contribution in [3.63, 3.8) is 0 Å². The summed E-state index contributed by atoms with van der Waals surface area (Å²) in [5.41, 5.74) is 3.21. The van der Waals surface area contributed by atoms with Gasteiger partial charge in [0.15, 0.2) is 5.96 Å². The van der Waals surface area contributed by atoms with E-state index < -0.39 is 0 Å². The molecule has 0 aromatic heterocycles. The zero-order valence-electron chi connectivity index (χ0n) is 13.0. The van der Waals surface area contributed by atoms with Crippen molar-refractivity contribution in [3.05, 3.63) is 47.5 Å². The number of hydrogen-bond acceptors (Lipinski definition) is 1. The molecule has 3 nitrogen and oxygen atoms in total. The van der Waals surface area contributed by atoms with Gasteiger partial charge in [0, 0.05) is 25.0 Å². The average molecular weight is 283 g/mol. The van der Waals surface area contributed by atoms with Gasteiger partial charge in [-0.1, -0.05) is 36.4 Å². The summed E-state index contributed by atoms with van der Waals surface area (Å²) in [7, 11) is 1.85. The predicted molar refractivity (Wildman–Crippen MR) is 88.8 cm³/mol. The topological polar surface area (TPSA) is 36.4 Å². The summed E-state index contributed by atoms with van der Waals surface area (Å²) in [5, 5.41) is 7.04. The van der Waals surface area contributed by atoms with Crippen LogP contribution in [0.2, 0.25) is 0 Å². The fourth-order valence-electron chi connectivity index (χ4n) is 3.24. The Kier molecular flexibility index (Phi) is 4.00. The van der Waals surface area contributed by atoms with E-state index in [1.807, 2.05) is 7.05 Å². The molecule has 0 radical (unpaired) electrons. The third kappa shape index (κ3) is 3.12. The van der Waals surface area contributed by atoms with Crippen LogP contribution in [-0.4, -0.2) is 25.6 Å². The van der Waals surface area contributed by atoms with Crippen molar-refractivity contribution >= 4 is 5.96 Å². The van der Waals surface area contributed by atoms with E-state index in [2.05, 4.69) is 59.0 Å². The summed E-state index contributed by atoms with van der Waals surface area (Å²) in [4.78, 5) is 4.37. The Hall–Kier alpha value is -1.77. The normalized spacial score (nSPS) is 20.6. The molecule has 0 atom stereocenters. The van der Waals surface area contributed by atoms with Crippen LogP contribution in [-0.2, 0) is 5.41 Å². The van der Waals surface area contributed by atoms with E-state index in [1.165, 1.54) is 24.0 Å². The van der Waals surface area contributed by atoms with E-state index in [4.69, 9.17) is 0 Å². The Labute approximate surface area is 127 Å². The number of hydrogen-bond donors (Lipinski definition) is 2. The second-order valence-corrected chi connectivity index (χ2v) is 6.31. The molecule has 3 rings (SSSR count). The van der Waals surface area contributed by atoms with Gasteiger partial charge in [0.25, 0.3) is 0 Å². The summed E-state index contributed by atoms with van der Waals surface area (Å²) in [6.07, 6.45) is 9.22. The molecule has 2 N–H and O–H groups in total. The maximum Gasteiger partial charge on any atom is 0.191 e. The van der Waals surface area contributed by atoms with Crippen LogP contribution in [0.5, 0.6) is 0 Å². The standard InChI is InChI=1S/C18H25N3/c1-14-7-3-6-10-16(14)18(11-12-18)13-20-17(19-2)21-15-8-4-5-9-15/h3-7,10,15H,8-9,11-13H2,1-2H3,(H2,19,20,21). The van der Waals surface area contributed by atoms with Crippen molar-refractivity contribution in [3.8, 4) is 0 Å². The van der Waals surface area contributed by atoms with Gasteiger partial charge < -0.3 is 10.6 Å². The first-order chi connectivity index (χ1) is 10.2. The number of rotatable bonds is 4. The summed E-state index contributed by atoms with van der Waals surface area (Å²) in [6.45, 7) is 3.18. The Morgan fingerprint density at radius 1 is 1.24 bits per heavy atom. The van der Waals surface area contributed by atoms with Gasteiger partial charge in [-0.2, -0.15) is 0 Å². The number of nitrogens with one attached hydrogen (secondary N) is 2. The van der Waals surface area contributed by atoms with Gasteiger partial charge in [-0.15, -0.1) is 0 Å². The van der Waals surface area contributed by atoms with Gasteiger partial charge in [-0.3, -0.25) is 4.99 Å². The smallest absolute Gasteiger partial charge is 0.191 e. The second-order valence-electron chi connectivity index (χ2n) is 6.31. The number of guanidine groups is 1. The number of nitrogens with zero attached hydrogens (tertiary/aromatic N) is 1. The van der Waals surface area contributed by atoms with Crippen LogP contribution in [0.15, 0.2) is 41.4 Å². The van der Waals surface area contributed by atoms with Crippen LogP contribution in [0.25, 0.3) is 0 Å². The molecular formula is C18H25N3. The molecule has 1 saturated carbocycles. The Morgan fingerprint density at radius 2 is 1.95 bits per heavy atom. The number of aryl methyl sites for hydroxylation is 1. The van der Waals surface area contributed by atoms with E-state index >= 15 is 0 Å². The van der Waals surface area contributed by atoms with Gasteiger partial charge in [0.2, 0.25) is 0 Å². The molecule has 0 aliphatic heterocycles. The maximum absolute atomic E-state index is 4.37. The molecule has 21 heavy (non-hydrogen) atoms. The lowest BCUT2D eigenvalue weighted by atomic mass is 9.92. The molecular weight excluding hydrogens is 258 g/mol. The van der Waals surface area contributed by atoms with Gasteiger partial charge in [-0.05, 0) is 43.7 Å². The summed E-state index contributed by atoms with van der Waals surface area (Å²) in [6, 6.07) is 9.27. The molecule has 1 aromatic rings. The number of benzene rings is 1. The number of aliphatic imine (C=N–C) groups is 1. The van der Waals surface area contributed by atoms with Crippen molar-refractivity contribution in [1.29, 1.82) is 0 Å². The molecule has 0 spiro atoms. The largest absolute Gasteiger partial charge is 0.356 e. The zero-order chi connectivity index (χ0) is 14.7. The molecule has 0 amide bonds. The van der Waals surface area contributed by atoms with Crippen LogP contribution in [0.4, 0.5) is 0 Å². The highest BCUT2D eigenvalue weighted by Crippen LogP contribution is 2.48. The Bertz CT molecular complexity index is 547. The lowest BCUT2D eigenvalue weighted by Gasteiger charge is -2.22. The minimum absolute atomic E-state index is 0.316. The van der Waals surface area contributed by atoms with Crippen LogP contribution < -0.4 is 10.6 Å². The molecule has 0 bridgehead atoms. The monoisotopic (exact) mass is 283 g/mol. The SMILES string of the molecule is CN=C(NCC1(c2ccccc2C)CC1)NC1CC=CC1. The van der Waals surface area contributed by atoms with Gasteiger partial charge in [0.05, 0.1) is 0 Å².